The first-order valence-corrected chi connectivity index (χ1v) is 17.8. The molecule has 46 heavy (non-hydrogen) atoms. The molecule has 1 amide bonds. The van der Waals surface area contributed by atoms with Crippen LogP contribution in [0.2, 0.25) is 5.02 Å². The Labute approximate surface area is 277 Å². The van der Waals surface area contributed by atoms with Crippen molar-refractivity contribution in [3.8, 4) is 11.5 Å². The Morgan fingerprint density at radius 1 is 1.11 bits per heavy atom. The van der Waals surface area contributed by atoms with Gasteiger partial charge in [-0.05, 0) is 89.4 Å². The highest BCUT2D eigenvalue weighted by Gasteiger charge is 2.45. The molecular formula is C34H44ClN3O7S. The molecule has 4 aliphatic rings. The van der Waals surface area contributed by atoms with Crippen LogP contribution in [0, 0.1) is 11.8 Å². The Hall–Kier alpha value is -2.83. The quantitative estimate of drug-likeness (QED) is 0.473. The number of benzene rings is 2. The van der Waals surface area contributed by atoms with Crippen LogP contribution in [0.15, 0.2) is 53.4 Å². The minimum atomic E-state index is -4.20. The molecule has 1 N–H and O–H groups in total. The molecule has 10 nitrogen and oxygen atoms in total. The minimum Gasteiger partial charge on any atom is -0.493 e. The van der Waals surface area contributed by atoms with Crippen molar-refractivity contribution in [2.45, 2.75) is 55.1 Å². The van der Waals surface area contributed by atoms with Crippen molar-refractivity contribution < 1.29 is 32.2 Å². The fourth-order valence-corrected chi connectivity index (χ4v) is 8.10. The summed E-state index contributed by atoms with van der Waals surface area (Å²) in [5.74, 6) is 1.17. The van der Waals surface area contributed by atoms with Crippen LogP contribution in [0.3, 0.4) is 0 Å². The number of hydrogen-bond acceptors (Lipinski definition) is 9. The zero-order valence-corrected chi connectivity index (χ0v) is 28.5. The lowest BCUT2D eigenvalue weighted by Gasteiger charge is -2.46. The topological polar surface area (TPSA) is 107 Å². The number of nitrogens with one attached hydrogen (secondary N) is 1. The Bertz CT molecular complexity index is 1600. The molecule has 1 saturated carbocycles. The highest BCUT2D eigenvalue weighted by molar-refractivity contribution is 7.90. The highest BCUT2D eigenvalue weighted by Crippen LogP contribution is 2.47. The predicted octanol–water partition coefficient (Wildman–Crippen LogP) is 4.40. The van der Waals surface area contributed by atoms with Gasteiger partial charge in [-0.2, -0.15) is 0 Å². The number of carbonyl (C=O) groups excluding carboxylic acids is 1. The number of sulfonamides is 1. The maximum absolute atomic E-state index is 13.6. The van der Waals surface area contributed by atoms with Crippen LogP contribution in [-0.4, -0.2) is 91.1 Å². The number of likely N-dealkylation sites (N-methyl/N-ethyl adjacent to an activating group) is 1. The van der Waals surface area contributed by atoms with E-state index in [9.17, 15) is 13.2 Å². The fourth-order valence-electron chi connectivity index (χ4n) is 6.81. The molecule has 250 valence electrons. The van der Waals surface area contributed by atoms with Crippen LogP contribution in [0.5, 0.6) is 11.5 Å². The van der Waals surface area contributed by atoms with Gasteiger partial charge < -0.3 is 28.7 Å². The van der Waals surface area contributed by atoms with Gasteiger partial charge in [0.1, 0.15) is 17.1 Å². The predicted molar refractivity (Wildman–Crippen MR) is 176 cm³/mol. The number of fused-ring (bicyclic) bond motifs is 4. The SMILES string of the molecule is CN(C)CCO[C@H]1C=CCOC(C)(C)C(=O)NS(=O)(=O)c2ccc3c(c2)N(C[C@@H]2CC[C@H]21)C[C@@]1(CCOc2cc(Cl)ccc21)CO3. The summed E-state index contributed by atoms with van der Waals surface area (Å²) in [5, 5.41) is 0.606. The standard InChI is InChI=1S/C34H44ClN3O7S/c1-33(2)32(39)36-46(40,41)25-9-12-30-28(19-25)38(21-34(22-44-30)13-16-42-31-18-24(35)8-11-27(31)34)20-23-7-10-26(23)29(6-5-15-45-33)43-17-14-37(3)4/h5-6,8-9,11-12,18-19,23,26,29H,7,10,13-17,20-22H2,1-4H3,(H,36,39)/t23-,26+,29-,34-/m0/s1. The lowest BCUT2D eigenvalue weighted by atomic mass is 9.69. The summed E-state index contributed by atoms with van der Waals surface area (Å²) in [7, 11) is -0.155. The zero-order chi connectivity index (χ0) is 32.7. The number of ether oxygens (including phenoxy) is 4. The van der Waals surface area contributed by atoms with Gasteiger partial charge in [0.15, 0.2) is 0 Å². The summed E-state index contributed by atoms with van der Waals surface area (Å²) in [5.41, 5.74) is -0.0826. The van der Waals surface area contributed by atoms with Crippen molar-refractivity contribution in [2.75, 3.05) is 65.1 Å². The van der Waals surface area contributed by atoms with E-state index in [2.05, 4.69) is 14.5 Å². The highest BCUT2D eigenvalue weighted by atomic mass is 35.5. The third-order valence-corrected chi connectivity index (χ3v) is 11.3. The van der Waals surface area contributed by atoms with E-state index in [1.165, 1.54) is 6.07 Å². The molecule has 0 aromatic heterocycles. The van der Waals surface area contributed by atoms with Crippen LogP contribution in [0.25, 0.3) is 0 Å². The van der Waals surface area contributed by atoms with Crippen molar-refractivity contribution in [3.05, 3.63) is 59.1 Å². The Kier molecular flexibility index (Phi) is 9.35. The molecule has 3 aliphatic heterocycles. The van der Waals surface area contributed by atoms with Crippen LogP contribution in [0.1, 0.15) is 38.7 Å². The molecule has 3 heterocycles. The first-order chi connectivity index (χ1) is 21.9. The smallest absolute Gasteiger partial charge is 0.265 e. The molecule has 6 rings (SSSR count). The summed E-state index contributed by atoms with van der Waals surface area (Å²) < 4.78 is 54.3. The summed E-state index contributed by atoms with van der Waals surface area (Å²) in [6, 6.07) is 10.6. The Morgan fingerprint density at radius 3 is 2.70 bits per heavy atom. The molecule has 1 fully saturated rings. The second kappa shape index (κ2) is 13.0. The van der Waals surface area contributed by atoms with E-state index < -0.39 is 26.9 Å². The van der Waals surface area contributed by atoms with Gasteiger partial charge in [0.2, 0.25) is 0 Å². The number of halogens is 1. The number of rotatable bonds is 4. The first-order valence-electron chi connectivity index (χ1n) is 16.0. The zero-order valence-electron chi connectivity index (χ0n) is 27.0. The van der Waals surface area contributed by atoms with Crippen molar-refractivity contribution in [2.24, 2.45) is 11.8 Å². The number of amides is 1. The average Bonchev–Trinajstić information content (AvgIpc) is 3.13. The maximum atomic E-state index is 13.6. The van der Waals surface area contributed by atoms with Gasteiger partial charge in [-0.3, -0.25) is 4.79 Å². The van der Waals surface area contributed by atoms with E-state index in [1.807, 2.05) is 44.4 Å². The summed E-state index contributed by atoms with van der Waals surface area (Å²) in [6.07, 6.45) is 6.57. The van der Waals surface area contributed by atoms with Gasteiger partial charge in [-0.1, -0.05) is 29.8 Å². The van der Waals surface area contributed by atoms with E-state index in [-0.39, 0.29) is 23.5 Å². The molecule has 1 spiro atoms. The number of anilines is 1. The molecule has 12 heteroatoms. The van der Waals surface area contributed by atoms with Crippen molar-refractivity contribution in [1.29, 1.82) is 0 Å². The van der Waals surface area contributed by atoms with Crippen LogP contribution in [0.4, 0.5) is 5.69 Å². The van der Waals surface area contributed by atoms with Crippen LogP contribution >= 0.6 is 11.6 Å². The molecule has 0 radical (unpaired) electrons. The molecule has 2 aromatic rings. The molecule has 2 aromatic carbocycles. The van der Waals surface area contributed by atoms with Gasteiger partial charge in [-0.25, -0.2) is 13.1 Å². The van der Waals surface area contributed by atoms with E-state index in [1.54, 1.807) is 26.0 Å². The molecule has 0 saturated heterocycles. The summed E-state index contributed by atoms with van der Waals surface area (Å²) >= 11 is 6.35. The van der Waals surface area contributed by atoms with E-state index in [0.29, 0.717) is 55.3 Å². The van der Waals surface area contributed by atoms with Crippen LogP contribution in [-0.2, 0) is 29.7 Å². The van der Waals surface area contributed by atoms with Gasteiger partial charge in [-0.15, -0.1) is 0 Å². The maximum Gasteiger partial charge on any atom is 0.265 e. The van der Waals surface area contributed by atoms with Gasteiger partial charge in [0.05, 0.1) is 48.5 Å². The Balaban J connectivity index is 1.41. The van der Waals surface area contributed by atoms with E-state index >= 15 is 0 Å². The lowest BCUT2D eigenvalue weighted by Crippen LogP contribution is -2.50. The lowest BCUT2D eigenvalue weighted by molar-refractivity contribution is -0.139. The number of nitrogens with zero attached hydrogens (tertiary/aromatic N) is 2. The summed E-state index contributed by atoms with van der Waals surface area (Å²) in [4.78, 5) is 17.5. The monoisotopic (exact) mass is 673 g/mol. The molecule has 1 aliphatic carbocycles. The first kappa shape index (κ1) is 33.1. The third-order valence-electron chi connectivity index (χ3n) is 9.77. The minimum absolute atomic E-state index is 0.0128. The largest absolute Gasteiger partial charge is 0.493 e. The van der Waals surface area contributed by atoms with Crippen molar-refractivity contribution >= 4 is 33.2 Å². The number of hydrogen-bond donors (Lipinski definition) is 1. The molecule has 0 unspecified atom stereocenters. The molecule has 4 atom stereocenters. The number of carbonyl (C=O) groups is 1. The third kappa shape index (κ3) is 6.75. The van der Waals surface area contributed by atoms with Crippen molar-refractivity contribution in [1.82, 2.24) is 9.62 Å². The van der Waals surface area contributed by atoms with Gasteiger partial charge in [0.25, 0.3) is 15.9 Å². The normalized spacial score (nSPS) is 28.6. The van der Waals surface area contributed by atoms with Gasteiger partial charge >= 0.3 is 0 Å². The Morgan fingerprint density at radius 2 is 1.93 bits per heavy atom. The van der Waals surface area contributed by atoms with Crippen LogP contribution < -0.4 is 19.1 Å². The second-order valence-electron chi connectivity index (χ2n) is 13.6. The molecular weight excluding hydrogens is 630 g/mol. The average molecular weight is 674 g/mol. The van der Waals surface area contributed by atoms with Crippen molar-refractivity contribution in [3.63, 3.8) is 0 Å². The van der Waals surface area contributed by atoms with E-state index in [4.69, 9.17) is 30.5 Å². The van der Waals surface area contributed by atoms with E-state index in [0.717, 1.165) is 37.1 Å². The fraction of sp³-hybridized carbons (Fsp3) is 0.559. The summed E-state index contributed by atoms with van der Waals surface area (Å²) in [6.45, 7) is 6.85. The van der Waals surface area contributed by atoms with Gasteiger partial charge in [0, 0.05) is 30.2 Å². The molecule has 2 bridgehead atoms. The second-order valence-corrected chi connectivity index (χ2v) is 15.8.